The molecule has 2 fully saturated rings. The van der Waals surface area contributed by atoms with Gasteiger partial charge in [-0.1, -0.05) is 49.4 Å². The quantitative estimate of drug-likeness (QED) is 0.862. The highest BCUT2D eigenvalue weighted by Gasteiger charge is 2.36. The van der Waals surface area contributed by atoms with Gasteiger partial charge in [0.15, 0.2) is 0 Å². The number of nitrogens with zero attached hydrogens (tertiary/aromatic N) is 2. The van der Waals surface area contributed by atoms with E-state index in [1.54, 1.807) is 0 Å². The van der Waals surface area contributed by atoms with Crippen LogP contribution < -0.4 is 0 Å². The van der Waals surface area contributed by atoms with Gasteiger partial charge in [-0.3, -0.25) is 9.69 Å². The number of rotatable bonds is 3. The summed E-state index contributed by atoms with van der Waals surface area (Å²) in [6.07, 6.45) is 0.490. The van der Waals surface area contributed by atoms with Crippen molar-refractivity contribution in [1.29, 1.82) is 0 Å². The largest absolute Gasteiger partial charge is 0.379 e. The molecule has 132 valence electrons. The Morgan fingerprint density at radius 1 is 1.08 bits per heavy atom. The Morgan fingerprint density at radius 2 is 1.84 bits per heavy atom. The molecule has 4 rings (SSSR count). The number of amides is 1. The smallest absolute Gasteiger partial charge is 0.227 e. The zero-order chi connectivity index (χ0) is 17.2. The van der Waals surface area contributed by atoms with Crippen LogP contribution in [0.2, 0.25) is 0 Å². The lowest BCUT2D eigenvalue weighted by molar-refractivity contribution is -0.129. The van der Waals surface area contributed by atoms with Gasteiger partial charge in [0.05, 0.1) is 19.6 Å². The van der Waals surface area contributed by atoms with Crippen LogP contribution in [-0.2, 0) is 16.0 Å². The maximum absolute atomic E-state index is 12.9. The van der Waals surface area contributed by atoms with Gasteiger partial charge in [0.1, 0.15) is 0 Å². The molecule has 4 heteroatoms. The third-order valence-corrected chi connectivity index (χ3v) is 5.66. The van der Waals surface area contributed by atoms with Gasteiger partial charge in [-0.05, 0) is 22.3 Å². The van der Waals surface area contributed by atoms with Crippen molar-refractivity contribution < 1.29 is 9.53 Å². The van der Waals surface area contributed by atoms with E-state index in [0.29, 0.717) is 18.4 Å². The molecule has 2 atom stereocenters. The molecule has 0 unspecified atom stereocenters. The van der Waals surface area contributed by atoms with Crippen molar-refractivity contribution in [2.45, 2.75) is 19.4 Å². The molecule has 0 bridgehead atoms. The minimum Gasteiger partial charge on any atom is -0.379 e. The van der Waals surface area contributed by atoms with Crippen molar-refractivity contribution in [2.24, 2.45) is 5.92 Å². The van der Waals surface area contributed by atoms with Crippen molar-refractivity contribution >= 4 is 16.7 Å². The number of morpholine rings is 1. The van der Waals surface area contributed by atoms with Gasteiger partial charge in [-0.15, -0.1) is 0 Å². The number of hydrogen-bond donors (Lipinski definition) is 0. The molecule has 2 aromatic carbocycles. The number of ether oxygens (including phenoxy) is 1. The lowest BCUT2D eigenvalue weighted by Crippen LogP contribution is -2.47. The van der Waals surface area contributed by atoms with Crippen LogP contribution in [-0.4, -0.2) is 61.1 Å². The second-order valence-corrected chi connectivity index (χ2v) is 7.31. The average molecular weight is 338 g/mol. The third kappa shape index (κ3) is 3.42. The van der Waals surface area contributed by atoms with Gasteiger partial charge in [0.25, 0.3) is 0 Å². The van der Waals surface area contributed by atoms with Crippen molar-refractivity contribution in [2.75, 3.05) is 39.4 Å². The topological polar surface area (TPSA) is 32.8 Å². The molecule has 2 heterocycles. The monoisotopic (exact) mass is 338 g/mol. The molecule has 0 saturated carbocycles. The first-order valence-electron chi connectivity index (χ1n) is 9.28. The van der Waals surface area contributed by atoms with Crippen LogP contribution in [0.3, 0.4) is 0 Å². The van der Waals surface area contributed by atoms with Crippen LogP contribution in [0.1, 0.15) is 12.5 Å². The van der Waals surface area contributed by atoms with E-state index in [4.69, 9.17) is 4.74 Å². The molecule has 0 N–H and O–H groups in total. The van der Waals surface area contributed by atoms with Crippen molar-refractivity contribution in [3.05, 3.63) is 48.0 Å². The van der Waals surface area contributed by atoms with Gasteiger partial charge in [-0.2, -0.15) is 0 Å². The summed E-state index contributed by atoms with van der Waals surface area (Å²) in [6, 6.07) is 15.0. The highest BCUT2D eigenvalue weighted by molar-refractivity contribution is 5.90. The first kappa shape index (κ1) is 16.6. The molecular weight excluding hydrogens is 312 g/mol. The lowest BCUT2D eigenvalue weighted by Gasteiger charge is -2.34. The van der Waals surface area contributed by atoms with E-state index in [9.17, 15) is 4.79 Å². The number of fused-ring (bicyclic) bond motifs is 1. The fourth-order valence-corrected chi connectivity index (χ4v) is 4.26. The van der Waals surface area contributed by atoms with Gasteiger partial charge in [-0.25, -0.2) is 0 Å². The van der Waals surface area contributed by atoms with Crippen molar-refractivity contribution in [3.8, 4) is 0 Å². The Morgan fingerprint density at radius 3 is 2.68 bits per heavy atom. The summed E-state index contributed by atoms with van der Waals surface area (Å²) < 4.78 is 5.47. The number of likely N-dealkylation sites (tertiary alicyclic amines) is 1. The lowest BCUT2D eigenvalue weighted by atomic mass is 10.0. The van der Waals surface area contributed by atoms with E-state index in [1.807, 2.05) is 18.2 Å². The summed E-state index contributed by atoms with van der Waals surface area (Å²) in [5, 5.41) is 2.39. The Balaban J connectivity index is 1.46. The van der Waals surface area contributed by atoms with Crippen LogP contribution in [0.4, 0.5) is 0 Å². The van der Waals surface area contributed by atoms with Crippen molar-refractivity contribution in [3.63, 3.8) is 0 Å². The van der Waals surface area contributed by atoms with E-state index in [1.165, 1.54) is 10.8 Å². The van der Waals surface area contributed by atoms with Crippen LogP contribution in [0.15, 0.2) is 42.5 Å². The normalized spacial score (nSPS) is 24.8. The Bertz CT molecular complexity index is 749. The summed E-state index contributed by atoms with van der Waals surface area (Å²) in [4.78, 5) is 17.5. The molecule has 2 aliphatic heterocycles. The van der Waals surface area contributed by atoms with E-state index in [2.05, 4.69) is 41.0 Å². The van der Waals surface area contributed by atoms with E-state index in [-0.39, 0.29) is 5.91 Å². The molecular formula is C21H26N2O2. The molecule has 0 spiro atoms. The first-order chi connectivity index (χ1) is 12.2. The van der Waals surface area contributed by atoms with Crippen molar-refractivity contribution in [1.82, 2.24) is 9.80 Å². The molecule has 0 aliphatic carbocycles. The predicted octanol–water partition coefficient (Wildman–Crippen LogP) is 2.56. The summed E-state index contributed by atoms with van der Waals surface area (Å²) in [6.45, 7) is 7.59. The molecule has 1 amide bonds. The van der Waals surface area contributed by atoms with Crippen LogP contribution in [0.5, 0.6) is 0 Å². The fourth-order valence-electron chi connectivity index (χ4n) is 4.26. The summed E-state index contributed by atoms with van der Waals surface area (Å²) >= 11 is 0. The number of carbonyl (C=O) groups is 1. The highest BCUT2D eigenvalue weighted by Crippen LogP contribution is 2.25. The summed E-state index contributed by atoms with van der Waals surface area (Å²) in [7, 11) is 0. The number of hydrogen-bond acceptors (Lipinski definition) is 3. The number of carbonyl (C=O) groups excluding carboxylic acids is 1. The minimum absolute atomic E-state index is 0.249. The molecule has 0 aromatic heterocycles. The Hall–Kier alpha value is -1.91. The third-order valence-electron chi connectivity index (χ3n) is 5.66. The van der Waals surface area contributed by atoms with Gasteiger partial charge < -0.3 is 9.64 Å². The molecule has 0 radical (unpaired) electrons. The average Bonchev–Trinajstić information content (AvgIpc) is 3.05. The highest BCUT2D eigenvalue weighted by atomic mass is 16.5. The first-order valence-corrected chi connectivity index (χ1v) is 9.28. The zero-order valence-electron chi connectivity index (χ0n) is 14.9. The second-order valence-electron chi connectivity index (χ2n) is 7.31. The second kappa shape index (κ2) is 7.14. The van der Waals surface area contributed by atoms with E-state index >= 15 is 0 Å². The zero-order valence-corrected chi connectivity index (χ0v) is 14.9. The van der Waals surface area contributed by atoms with Crippen LogP contribution >= 0.6 is 0 Å². The summed E-state index contributed by atoms with van der Waals surface area (Å²) in [5.41, 5.74) is 1.13. The van der Waals surface area contributed by atoms with Crippen LogP contribution in [0, 0.1) is 5.92 Å². The standard InChI is InChI=1S/C21H26N2O2/c1-16-14-23(15-20(16)22-9-11-25-12-10-22)21(24)13-18-7-4-6-17-5-2-3-8-19(17)18/h2-8,16,20H,9-15H2,1H3/t16-,20-/m1/s1. The van der Waals surface area contributed by atoms with Gasteiger partial charge in [0, 0.05) is 32.2 Å². The maximum atomic E-state index is 12.9. The Kier molecular flexibility index (Phi) is 4.73. The number of benzene rings is 2. The molecule has 2 saturated heterocycles. The van der Waals surface area contributed by atoms with E-state index in [0.717, 1.165) is 45.0 Å². The molecule has 2 aromatic rings. The fraction of sp³-hybridized carbons (Fsp3) is 0.476. The maximum Gasteiger partial charge on any atom is 0.227 e. The predicted molar refractivity (Wildman–Crippen MR) is 99.6 cm³/mol. The van der Waals surface area contributed by atoms with Gasteiger partial charge >= 0.3 is 0 Å². The Labute approximate surface area is 149 Å². The van der Waals surface area contributed by atoms with E-state index < -0.39 is 0 Å². The minimum atomic E-state index is 0.249. The van der Waals surface area contributed by atoms with Crippen LogP contribution in [0.25, 0.3) is 10.8 Å². The summed E-state index contributed by atoms with van der Waals surface area (Å²) in [5.74, 6) is 0.772. The molecule has 2 aliphatic rings. The SMILES string of the molecule is C[C@@H]1CN(C(=O)Cc2cccc3ccccc23)C[C@H]1N1CCOCC1. The molecule has 25 heavy (non-hydrogen) atoms. The molecule has 4 nitrogen and oxygen atoms in total. The van der Waals surface area contributed by atoms with Gasteiger partial charge in [0.2, 0.25) is 5.91 Å².